The number of nitrogens with one attached hydrogen (secondary N) is 6. The van der Waals surface area contributed by atoms with Gasteiger partial charge in [-0.15, -0.1) is 18.3 Å². The van der Waals surface area contributed by atoms with Gasteiger partial charge in [-0.05, 0) is 98.3 Å². The fourth-order valence-corrected chi connectivity index (χ4v) is 8.75. The third kappa shape index (κ3) is 12.4. The highest BCUT2D eigenvalue weighted by Gasteiger charge is 2.45. The monoisotopic (exact) mass is 989 g/mol. The van der Waals surface area contributed by atoms with Crippen molar-refractivity contribution in [3.63, 3.8) is 0 Å². The molecule has 370 valence electrons. The Morgan fingerprint density at radius 2 is 1.64 bits per heavy atom. The number of carbonyl (C=O) groups is 1. The molecule has 5 unspecified atom stereocenters. The first-order valence-corrected chi connectivity index (χ1v) is 23.6. The van der Waals surface area contributed by atoms with Crippen LogP contribution in [0.25, 0.3) is 11.3 Å². The first-order valence-electron chi connectivity index (χ1n) is 22.0. The van der Waals surface area contributed by atoms with E-state index in [-0.39, 0.29) is 27.8 Å². The molecule has 5 atom stereocenters. The number of aryl methyl sites for hydroxylation is 1. The molecule has 0 bridgehead atoms. The van der Waals surface area contributed by atoms with Crippen LogP contribution in [0.5, 0.6) is 5.75 Å². The van der Waals surface area contributed by atoms with Gasteiger partial charge in [0.25, 0.3) is 0 Å². The molecule has 12 N–H and O–H groups in total. The smallest absolute Gasteiger partial charge is 0.405 e. The number of benzene rings is 4. The Balaban J connectivity index is 0.815. The van der Waals surface area contributed by atoms with Crippen LogP contribution in [0.1, 0.15) is 61.3 Å². The lowest BCUT2D eigenvalue weighted by atomic mass is 10.0. The normalized spacial score (nSPS) is 19.3. The number of rotatable bonds is 18. The van der Waals surface area contributed by atoms with Crippen LogP contribution in [0.3, 0.4) is 0 Å². The first kappa shape index (κ1) is 49.5. The lowest BCUT2D eigenvalue weighted by Gasteiger charge is -2.40. The van der Waals surface area contributed by atoms with Gasteiger partial charge in [-0.2, -0.15) is 4.98 Å². The number of nitrogens with zero attached hydrogens (tertiary/aromatic N) is 6. The van der Waals surface area contributed by atoms with Crippen molar-refractivity contribution in [3.8, 4) is 17.0 Å². The van der Waals surface area contributed by atoms with Crippen molar-refractivity contribution in [3.05, 3.63) is 120 Å². The minimum atomic E-state index is -5.01. The van der Waals surface area contributed by atoms with Gasteiger partial charge in [-0.3, -0.25) is 10.00 Å². The molecule has 2 aliphatic rings. The number of aromatic nitrogens is 5. The van der Waals surface area contributed by atoms with Gasteiger partial charge in [-0.1, -0.05) is 35.5 Å². The second-order valence-corrected chi connectivity index (χ2v) is 18.0. The summed E-state index contributed by atoms with van der Waals surface area (Å²) in [4.78, 5) is 23.0. The molecule has 0 radical (unpaired) electrons. The number of nitrogens with two attached hydrogens (primary N) is 1. The number of hydrogen-bond acceptors (Lipinski definition) is 17. The van der Waals surface area contributed by atoms with Gasteiger partial charge in [0, 0.05) is 65.3 Å². The van der Waals surface area contributed by atoms with Crippen LogP contribution >= 0.6 is 0 Å². The largest absolute Gasteiger partial charge is 0.573 e. The number of unbranched alkanes of at least 4 members (excludes halogenated alkanes) is 2. The van der Waals surface area contributed by atoms with E-state index < -0.39 is 59.1 Å². The Morgan fingerprint density at radius 3 is 2.41 bits per heavy atom. The first-order chi connectivity index (χ1) is 33.5. The molecule has 6 aromatic rings. The van der Waals surface area contributed by atoms with Crippen molar-refractivity contribution >= 4 is 50.6 Å². The van der Waals surface area contributed by atoms with Gasteiger partial charge in [0.05, 0.1) is 17.1 Å². The van der Waals surface area contributed by atoms with E-state index in [1.807, 2.05) is 0 Å². The number of carbonyl (C=O) groups excluding carboxylic acids is 1. The molecule has 2 amide bonds. The third-order valence-corrected chi connectivity index (χ3v) is 12.4. The van der Waals surface area contributed by atoms with E-state index in [9.17, 15) is 46.8 Å². The molecule has 0 spiro atoms. The van der Waals surface area contributed by atoms with E-state index in [0.717, 1.165) is 18.1 Å². The minimum absolute atomic E-state index is 0.0571. The predicted molar refractivity (Wildman–Crippen MR) is 250 cm³/mol. The molecule has 1 fully saturated rings. The number of alkyl halides is 3. The van der Waals surface area contributed by atoms with Crippen LogP contribution in [0.2, 0.25) is 0 Å². The number of halogens is 3. The molecular weight excluding hydrogens is 940 g/mol. The van der Waals surface area contributed by atoms with Crippen molar-refractivity contribution < 1.29 is 51.5 Å². The molecule has 70 heavy (non-hydrogen) atoms. The maximum absolute atomic E-state index is 13.5. The zero-order valence-electron chi connectivity index (χ0n) is 37.1. The van der Waals surface area contributed by atoms with E-state index in [1.165, 1.54) is 52.3 Å². The summed E-state index contributed by atoms with van der Waals surface area (Å²) >= 11 is 0. The van der Waals surface area contributed by atoms with E-state index in [2.05, 4.69) is 56.9 Å². The number of fused-ring (bicyclic) bond motifs is 1. The van der Waals surface area contributed by atoms with Crippen molar-refractivity contribution in [2.75, 3.05) is 33.1 Å². The van der Waals surface area contributed by atoms with E-state index >= 15 is 0 Å². The maximum atomic E-state index is 13.5. The number of amides is 2. The van der Waals surface area contributed by atoms with Crippen molar-refractivity contribution in [1.29, 1.82) is 0 Å². The average Bonchev–Trinajstić information content (AvgIpc) is 3.89. The maximum Gasteiger partial charge on any atom is 0.573 e. The summed E-state index contributed by atoms with van der Waals surface area (Å²) in [6.45, 7) is 1.26. The van der Waals surface area contributed by atoms with Gasteiger partial charge < -0.3 is 51.7 Å². The highest BCUT2D eigenvalue weighted by molar-refractivity contribution is 7.89. The lowest BCUT2D eigenvalue weighted by molar-refractivity contribution is -0.274. The molecule has 21 nitrogen and oxygen atoms in total. The number of aliphatic hydroxyl groups excluding tert-OH is 4. The molecule has 2 aromatic heterocycles. The number of sulfonamides is 1. The van der Waals surface area contributed by atoms with Gasteiger partial charge in [0.2, 0.25) is 16.0 Å². The second-order valence-electron chi connectivity index (χ2n) is 16.5. The SMILES string of the molecule is NS(=O)(=O)c1cccc(Nc2nccc(NCc3ccc(NC(=O)Nc4ccc(OC(F)(F)F)c(-c5cn(CCCCCNc6cccc7c6C(O)N(C6CCC(O)NC6O)C7O)nn5)c4)cc3)n2)c1. The second kappa shape index (κ2) is 21.3. The number of piperidine rings is 1. The van der Waals surface area contributed by atoms with Gasteiger partial charge in [0.1, 0.15) is 42.2 Å². The summed E-state index contributed by atoms with van der Waals surface area (Å²) < 4.78 is 69.6. The predicted octanol–water partition coefficient (Wildman–Crippen LogP) is 5.25. The van der Waals surface area contributed by atoms with Crippen molar-refractivity contribution in [2.24, 2.45) is 5.14 Å². The molecule has 4 aromatic carbocycles. The molecule has 0 saturated carbocycles. The standard InChI is InChI=1S/C45H50F3N13O8S/c46-45(47,48)69-36-16-14-29(55-44(66)54-27-12-10-26(11-13-27)24-52-37-18-20-51-43(56-37)53-28-6-4-7-30(22-28)70(49,67)68)23-32(36)34-25-60(59-58-34)21-3-1-2-19-50-33-9-5-8-31-39(33)42(65)61(41(31)64)35-15-17-38(62)57-40(35)63/h4-14,16,18,20,22-23,25,35,38,40-42,50,57,62-65H,1-3,15,17,19,21,24H2,(H2,49,67,68)(H2,54,55,66)(H2,51,52,53,56). The minimum Gasteiger partial charge on any atom is -0.405 e. The Hall–Kier alpha value is -6.97. The summed E-state index contributed by atoms with van der Waals surface area (Å²) in [6.07, 6.45) is -3.59. The van der Waals surface area contributed by atoms with Crippen LogP contribution < -0.4 is 41.8 Å². The molecular formula is C45H50F3N13O8S. The molecule has 4 heterocycles. The summed E-state index contributed by atoms with van der Waals surface area (Å²) in [5.41, 5.74) is 3.53. The van der Waals surface area contributed by atoms with Gasteiger partial charge in [-0.25, -0.2) is 28.2 Å². The summed E-state index contributed by atoms with van der Waals surface area (Å²) in [5, 5.41) is 73.6. The molecule has 25 heteroatoms. The van der Waals surface area contributed by atoms with Gasteiger partial charge >= 0.3 is 12.4 Å². The fourth-order valence-electron chi connectivity index (χ4n) is 8.19. The summed E-state index contributed by atoms with van der Waals surface area (Å²) in [6, 6.07) is 22.1. The van der Waals surface area contributed by atoms with Crippen LogP contribution in [0.4, 0.5) is 52.5 Å². The third-order valence-electron chi connectivity index (χ3n) is 11.5. The zero-order chi connectivity index (χ0) is 49.6. The Labute approximate surface area is 399 Å². The topological polar surface area (TPSA) is 299 Å². The number of primary sulfonamides is 1. The number of hydrogen-bond donors (Lipinski definition) is 11. The van der Waals surface area contributed by atoms with E-state index in [1.54, 1.807) is 54.6 Å². The van der Waals surface area contributed by atoms with Crippen LogP contribution in [0.15, 0.2) is 108 Å². The van der Waals surface area contributed by atoms with Gasteiger partial charge in [0.15, 0.2) is 0 Å². The van der Waals surface area contributed by atoms with E-state index in [0.29, 0.717) is 79.3 Å². The number of ether oxygens (including phenoxy) is 1. The molecule has 2 aliphatic heterocycles. The number of anilines is 6. The number of aliphatic hydroxyl groups is 4. The Kier molecular flexibility index (Phi) is 15.1. The van der Waals surface area contributed by atoms with Crippen molar-refractivity contribution in [1.82, 2.24) is 35.2 Å². The Bertz CT molecular complexity index is 2900. The van der Waals surface area contributed by atoms with Crippen molar-refractivity contribution in [2.45, 2.75) is 87.4 Å². The Morgan fingerprint density at radius 1 is 0.871 bits per heavy atom. The molecule has 8 rings (SSSR count). The fraction of sp³-hybridized carbons (Fsp3) is 0.311. The average molecular weight is 990 g/mol. The quantitative estimate of drug-likeness (QED) is 0.0490. The zero-order valence-corrected chi connectivity index (χ0v) is 37.9. The summed E-state index contributed by atoms with van der Waals surface area (Å²) in [7, 11) is -3.90. The summed E-state index contributed by atoms with van der Waals surface area (Å²) in [5.74, 6) is 0.148. The molecule has 0 aliphatic carbocycles. The van der Waals surface area contributed by atoms with Crippen LogP contribution in [-0.4, -0.2) is 96.1 Å². The molecule has 1 saturated heterocycles. The highest BCUT2D eigenvalue weighted by atomic mass is 32.2. The highest BCUT2D eigenvalue weighted by Crippen LogP contribution is 2.46. The van der Waals surface area contributed by atoms with Crippen LogP contribution in [0, 0.1) is 0 Å². The van der Waals surface area contributed by atoms with Crippen LogP contribution in [-0.2, 0) is 23.1 Å². The van der Waals surface area contributed by atoms with E-state index in [4.69, 9.17) is 5.14 Å². The number of urea groups is 1. The lowest BCUT2D eigenvalue weighted by Crippen LogP contribution is -2.57.